The van der Waals surface area contributed by atoms with E-state index in [2.05, 4.69) is 15.3 Å². The van der Waals surface area contributed by atoms with Crippen LogP contribution in [0.15, 0.2) is 66.0 Å². The van der Waals surface area contributed by atoms with Gasteiger partial charge in [0.2, 0.25) is 0 Å². The number of amides is 1. The van der Waals surface area contributed by atoms with Crippen LogP contribution in [-0.4, -0.2) is 39.8 Å². The predicted molar refractivity (Wildman–Crippen MR) is 131 cm³/mol. The van der Waals surface area contributed by atoms with Crippen molar-refractivity contribution in [3.8, 4) is 5.75 Å². The standard InChI is InChI=1S/C27H24F2N4O4/c28-22-5-3-18(11-23(22)29)14-33-16-30-13-21(27(33)35)26(34)32-12-17-4-6-24-20(10-17)25(7-8-31-24)37-15-19-2-1-9-36-19/h3-8,10-11,13,16,19H,1-2,9,12,14-15H2,(H,32,34). The molecule has 1 atom stereocenters. The number of nitrogens with zero attached hydrogens (tertiary/aromatic N) is 3. The van der Waals surface area contributed by atoms with Crippen LogP contribution in [0.1, 0.15) is 34.3 Å². The Hall–Kier alpha value is -4.18. The number of carbonyl (C=O) groups excluding carboxylic acids is 1. The smallest absolute Gasteiger partial charge is 0.266 e. The summed E-state index contributed by atoms with van der Waals surface area (Å²) >= 11 is 0. The molecule has 2 aromatic heterocycles. The molecule has 0 spiro atoms. The zero-order chi connectivity index (χ0) is 25.8. The summed E-state index contributed by atoms with van der Waals surface area (Å²) in [7, 11) is 0. The van der Waals surface area contributed by atoms with Crippen LogP contribution < -0.4 is 15.6 Å². The van der Waals surface area contributed by atoms with Gasteiger partial charge >= 0.3 is 0 Å². The van der Waals surface area contributed by atoms with Crippen LogP contribution in [-0.2, 0) is 17.8 Å². The highest BCUT2D eigenvalue weighted by Gasteiger charge is 2.17. The maximum absolute atomic E-state index is 13.5. The van der Waals surface area contributed by atoms with Crippen LogP contribution in [0.25, 0.3) is 10.9 Å². The van der Waals surface area contributed by atoms with E-state index in [9.17, 15) is 18.4 Å². The molecule has 0 radical (unpaired) electrons. The van der Waals surface area contributed by atoms with Crippen LogP contribution in [0, 0.1) is 11.6 Å². The molecule has 1 unspecified atom stereocenters. The van der Waals surface area contributed by atoms with E-state index in [4.69, 9.17) is 9.47 Å². The lowest BCUT2D eigenvalue weighted by molar-refractivity contribution is 0.0684. The third-order valence-electron chi connectivity index (χ3n) is 6.15. The highest BCUT2D eigenvalue weighted by molar-refractivity contribution is 5.93. The summed E-state index contributed by atoms with van der Waals surface area (Å²) in [6.45, 7) is 1.31. The second-order valence-corrected chi connectivity index (χ2v) is 8.78. The molecule has 1 aliphatic rings. The van der Waals surface area contributed by atoms with Crippen LogP contribution in [0.4, 0.5) is 8.78 Å². The van der Waals surface area contributed by atoms with Crippen LogP contribution in [0.5, 0.6) is 5.75 Å². The fourth-order valence-corrected chi connectivity index (χ4v) is 4.19. The summed E-state index contributed by atoms with van der Waals surface area (Å²) in [6.07, 6.45) is 6.19. The van der Waals surface area contributed by atoms with E-state index in [-0.39, 0.29) is 24.8 Å². The Morgan fingerprint density at radius 2 is 2.00 bits per heavy atom. The number of fused-ring (bicyclic) bond motifs is 1. The van der Waals surface area contributed by atoms with Gasteiger partial charge in [0.1, 0.15) is 17.9 Å². The van der Waals surface area contributed by atoms with Gasteiger partial charge in [-0.15, -0.1) is 0 Å². The summed E-state index contributed by atoms with van der Waals surface area (Å²) in [6, 6.07) is 10.7. The Morgan fingerprint density at radius 3 is 2.81 bits per heavy atom. The predicted octanol–water partition coefficient (Wildman–Crippen LogP) is 3.61. The summed E-state index contributed by atoms with van der Waals surface area (Å²) in [5.74, 6) is -1.91. The van der Waals surface area contributed by atoms with Gasteiger partial charge in [-0.3, -0.25) is 19.1 Å². The third-order valence-corrected chi connectivity index (χ3v) is 6.15. The average Bonchev–Trinajstić information content (AvgIpc) is 3.43. The van der Waals surface area contributed by atoms with Gasteiger partial charge in [-0.1, -0.05) is 12.1 Å². The number of rotatable bonds is 8. The van der Waals surface area contributed by atoms with Gasteiger partial charge in [0.05, 0.1) is 24.5 Å². The van der Waals surface area contributed by atoms with Gasteiger partial charge in [0.15, 0.2) is 11.6 Å². The molecule has 37 heavy (non-hydrogen) atoms. The number of pyridine rings is 1. The van der Waals surface area contributed by atoms with Gasteiger partial charge in [-0.25, -0.2) is 13.8 Å². The lowest BCUT2D eigenvalue weighted by Gasteiger charge is -2.14. The number of hydrogen-bond acceptors (Lipinski definition) is 6. The van der Waals surface area contributed by atoms with E-state index in [1.165, 1.54) is 23.2 Å². The number of benzene rings is 2. The number of hydrogen-bond donors (Lipinski definition) is 1. The molecule has 1 N–H and O–H groups in total. The molecule has 8 nitrogen and oxygen atoms in total. The molecule has 1 amide bonds. The average molecular weight is 507 g/mol. The summed E-state index contributed by atoms with van der Waals surface area (Å²) in [4.78, 5) is 34.0. The van der Waals surface area contributed by atoms with Gasteiger partial charge in [-0.05, 0) is 54.3 Å². The molecular weight excluding hydrogens is 482 g/mol. The number of carbonyl (C=O) groups is 1. The maximum Gasteiger partial charge on any atom is 0.266 e. The van der Waals surface area contributed by atoms with Crippen molar-refractivity contribution in [3.05, 3.63) is 99.9 Å². The SMILES string of the molecule is O=C(NCc1ccc2nccc(OCC3CCCO3)c2c1)c1cncn(Cc2ccc(F)c(F)c2)c1=O. The molecule has 5 rings (SSSR count). The molecule has 190 valence electrons. The van der Waals surface area contributed by atoms with E-state index in [1.54, 1.807) is 12.3 Å². The first-order valence-electron chi connectivity index (χ1n) is 11.9. The van der Waals surface area contributed by atoms with Gasteiger partial charge in [0, 0.05) is 30.9 Å². The fraction of sp³-hybridized carbons (Fsp3) is 0.259. The minimum absolute atomic E-state index is 0.0590. The highest BCUT2D eigenvalue weighted by atomic mass is 19.2. The summed E-state index contributed by atoms with van der Waals surface area (Å²) in [5.41, 5.74) is 1.16. The quantitative estimate of drug-likeness (QED) is 0.392. The zero-order valence-electron chi connectivity index (χ0n) is 19.8. The van der Waals surface area contributed by atoms with Crippen LogP contribution in [0.3, 0.4) is 0 Å². The van der Waals surface area contributed by atoms with Crippen LogP contribution >= 0.6 is 0 Å². The first-order valence-corrected chi connectivity index (χ1v) is 11.9. The van der Waals surface area contributed by atoms with Crippen molar-refractivity contribution in [3.63, 3.8) is 0 Å². The number of halogens is 2. The largest absolute Gasteiger partial charge is 0.490 e. The molecule has 1 fully saturated rings. The first-order chi connectivity index (χ1) is 18.0. The fourth-order valence-electron chi connectivity index (χ4n) is 4.19. The third kappa shape index (κ3) is 5.64. The lowest BCUT2D eigenvalue weighted by Crippen LogP contribution is -2.33. The number of aromatic nitrogens is 3. The Balaban J connectivity index is 1.28. The van der Waals surface area contributed by atoms with E-state index >= 15 is 0 Å². The molecule has 10 heteroatoms. The second-order valence-electron chi connectivity index (χ2n) is 8.78. The molecule has 0 saturated carbocycles. The van der Waals surface area contributed by atoms with Gasteiger partial charge in [-0.2, -0.15) is 0 Å². The lowest BCUT2D eigenvalue weighted by atomic mass is 10.1. The number of ether oxygens (including phenoxy) is 2. The van der Waals surface area contributed by atoms with Crippen molar-refractivity contribution < 1.29 is 23.0 Å². The second kappa shape index (κ2) is 10.8. The molecule has 0 aliphatic carbocycles. The minimum atomic E-state index is -1.02. The molecule has 1 aliphatic heterocycles. The first kappa shape index (κ1) is 24.5. The molecule has 4 aromatic rings. The Labute approximate surface area is 210 Å². The normalized spacial score (nSPS) is 15.1. The molecule has 2 aromatic carbocycles. The monoisotopic (exact) mass is 506 g/mol. The van der Waals surface area contributed by atoms with Crippen LogP contribution in [0.2, 0.25) is 0 Å². The van der Waals surface area contributed by atoms with Crippen molar-refractivity contribution in [1.82, 2.24) is 19.9 Å². The Bertz CT molecular complexity index is 1500. The van der Waals surface area contributed by atoms with Crippen molar-refractivity contribution in [1.29, 1.82) is 0 Å². The van der Waals surface area contributed by atoms with Crippen molar-refractivity contribution in [2.45, 2.75) is 32.0 Å². The zero-order valence-corrected chi connectivity index (χ0v) is 19.8. The Kier molecular flexibility index (Phi) is 7.18. The van der Waals surface area contributed by atoms with Gasteiger partial charge < -0.3 is 14.8 Å². The molecule has 0 bridgehead atoms. The van der Waals surface area contributed by atoms with Crippen molar-refractivity contribution in [2.24, 2.45) is 0 Å². The molecular formula is C27H24F2N4O4. The van der Waals surface area contributed by atoms with E-state index in [0.717, 1.165) is 48.0 Å². The van der Waals surface area contributed by atoms with E-state index in [1.807, 2.05) is 18.2 Å². The molecule has 3 heterocycles. The van der Waals surface area contributed by atoms with E-state index in [0.29, 0.717) is 17.9 Å². The topological polar surface area (TPSA) is 95.3 Å². The maximum atomic E-state index is 13.5. The van der Waals surface area contributed by atoms with Gasteiger partial charge in [0.25, 0.3) is 11.5 Å². The van der Waals surface area contributed by atoms with Crippen molar-refractivity contribution in [2.75, 3.05) is 13.2 Å². The highest BCUT2D eigenvalue weighted by Crippen LogP contribution is 2.26. The number of nitrogens with one attached hydrogen (secondary N) is 1. The summed E-state index contributed by atoms with van der Waals surface area (Å²) < 4.78 is 39.5. The van der Waals surface area contributed by atoms with E-state index < -0.39 is 23.1 Å². The Morgan fingerprint density at radius 1 is 1.14 bits per heavy atom. The minimum Gasteiger partial charge on any atom is -0.490 e. The van der Waals surface area contributed by atoms with Crippen molar-refractivity contribution >= 4 is 16.8 Å². The summed E-state index contributed by atoms with van der Waals surface area (Å²) in [5, 5.41) is 3.55. The molecule has 1 saturated heterocycles.